The standard InChI is InChI=1S/4C16H15N3S/c4*1-2-12-14(11-7-4-3-5-8-11)18-16(19-15(12)17)13-9-6-10-20-13/h4*3-10H,2H2,1H3,(H2,17,18,19). The van der Waals surface area contributed by atoms with Gasteiger partial charge in [0, 0.05) is 44.5 Å². The van der Waals surface area contributed by atoms with Crippen molar-refractivity contribution in [3.63, 3.8) is 0 Å². The first-order valence-electron chi connectivity index (χ1n) is 26.2. The van der Waals surface area contributed by atoms with Gasteiger partial charge in [0.25, 0.3) is 0 Å². The number of benzene rings is 4. The van der Waals surface area contributed by atoms with E-state index in [0.717, 1.165) is 112 Å². The second-order valence-electron chi connectivity index (χ2n) is 17.8. The summed E-state index contributed by atoms with van der Waals surface area (Å²) < 4.78 is 0. The summed E-state index contributed by atoms with van der Waals surface area (Å²) in [7, 11) is 0. The fourth-order valence-corrected chi connectivity index (χ4v) is 11.4. The van der Waals surface area contributed by atoms with Crippen molar-refractivity contribution in [3.8, 4) is 87.8 Å². The molecule has 12 rings (SSSR count). The van der Waals surface area contributed by atoms with Crippen molar-refractivity contribution in [2.75, 3.05) is 22.9 Å². The predicted molar refractivity (Wildman–Crippen MR) is 338 cm³/mol. The zero-order chi connectivity index (χ0) is 55.8. The highest BCUT2D eigenvalue weighted by Crippen LogP contribution is 2.34. The number of hydrogen-bond donors (Lipinski definition) is 4. The number of thiophene rings is 4. The number of aromatic nitrogens is 8. The highest BCUT2D eigenvalue weighted by atomic mass is 32.1. The molecule has 0 atom stereocenters. The molecule has 8 N–H and O–H groups in total. The first-order chi connectivity index (χ1) is 39.2. The molecule has 12 nitrogen and oxygen atoms in total. The van der Waals surface area contributed by atoms with E-state index in [4.69, 9.17) is 42.9 Å². The average molecular weight is 1130 g/mol. The molecule has 4 aromatic carbocycles. The van der Waals surface area contributed by atoms with Gasteiger partial charge >= 0.3 is 0 Å². The summed E-state index contributed by atoms with van der Waals surface area (Å²) in [4.78, 5) is 40.9. The quantitative estimate of drug-likeness (QED) is 0.0901. The molecule has 400 valence electrons. The van der Waals surface area contributed by atoms with E-state index in [2.05, 4.69) is 96.2 Å². The monoisotopic (exact) mass is 1120 g/mol. The molecule has 0 radical (unpaired) electrons. The predicted octanol–water partition coefficient (Wildman–Crippen LogP) is 16.1. The average Bonchev–Trinajstić information content (AvgIpc) is 4.39. The van der Waals surface area contributed by atoms with Gasteiger partial charge in [0.15, 0.2) is 23.3 Å². The van der Waals surface area contributed by atoms with Gasteiger partial charge in [-0.2, -0.15) is 0 Å². The Morgan fingerprint density at radius 2 is 0.463 bits per heavy atom. The maximum Gasteiger partial charge on any atom is 0.172 e. The summed E-state index contributed by atoms with van der Waals surface area (Å²) in [5.74, 6) is 5.10. The molecule has 16 heteroatoms. The molecule has 0 saturated heterocycles. The highest BCUT2D eigenvalue weighted by Gasteiger charge is 2.18. The highest BCUT2D eigenvalue weighted by molar-refractivity contribution is 7.14. The van der Waals surface area contributed by atoms with Crippen molar-refractivity contribution in [1.29, 1.82) is 0 Å². The lowest BCUT2D eigenvalue weighted by Gasteiger charge is -2.11. The number of anilines is 4. The first kappa shape index (κ1) is 55.9. The molecule has 0 bridgehead atoms. The van der Waals surface area contributed by atoms with Crippen LogP contribution in [-0.2, 0) is 25.7 Å². The number of hydrogen-bond acceptors (Lipinski definition) is 16. The molecular weight excluding hydrogens is 1070 g/mol. The van der Waals surface area contributed by atoms with Crippen molar-refractivity contribution in [2.45, 2.75) is 53.4 Å². The lowest BCUT2D eigenvalue weighted by molar-refractivity contribution is 1.07. The van der Waals surface area contributed by atoms with E-state index >= 15 is 0 Å². The molecule has 0 saturated carbocycles. The molecule has 12 aromatic rings. The summed E-state index contributed by atoms with van der Waals surface area (Å²) in [5, 5.41) is 8.07. The van der Waals surface area contributed by atoms with E-state index in [1.807, 2.05) is 143 Å². The maximum atomic E-state index is 6.13. The Morgan fingerprint density at radius 1 is 0.263 bits per heavy atom. The van der Waals surface area contributed by atoms with Crippen LogP contribution in [0.2, 0.25) is 0 Å². The SMILES string of the molecule is CCc1c(N)nc(-c2cccs2)nc1-c1ccccc1.CCc1c(N)nc(-c2cccs2)nc1-c1ccccc1.CCc1c(N)nc(-c2cccs2)nc1-c1ccccc1.CCc1c(N)nc(-c2cccs2)nc1-c1ccccc1. The van der Waals surface area contributed by atoms with Crippen molar-refractivity contribution in [1.82, 2.24) is 39.9 Å². The summed E-state index contributed by atoms with van der Waals surface area (Å²) in [6, 6.07) is 56.6. The third-order valence-electron chi connectivity index (χ3n) is 12.7. The van der Waals surface area contributed by atoms with Crippen LogP contribution in [-0.4, -0.2) is 39.9 Å². The number of nitrogens with two attached hydrogens (primary N) is 4. The Bertz CT molecular complexity index is 3330. The van der Waals surface area contributed by atoms with Crippen molar-refractivity contribution < 1.29 is 0 Å². The van der Waals surface area contributed by atoms with Crippen LogP contribution in [0, 0.1) is 0 Å². The molecule has 0 spiro atoms. The minimum atomic E-state index is 0.574. The van der Waals surface area contributed by atoms with E-state index < -0.39 is 0 Å². The molecule has 8 aromatic heterocycles. The van der Waals surface area contributed by atoms with Crippen molar-refractivity contribution >= 4 is 68.6 Å². The zero-order valence-electron chi connectivity index (χ0n) is 44.8. The van der Waals surface area contributed by atoms with E-state index in [1.54, 1.807) is 45.3 Å². The molecule has 8 heterocycles. The maximum absolute atomic E-state index is 6.13. The van der Waals surface area contributed by atoms with Gasteiger partial charge in [-0.15, -0.1) is 45.3 Å². The lowest BCUT2D eigenvalue weighted by Crippen LogP contribution is -2.04. The van der Waals surface area contributed by atoms with Gasteiger partial charge < -0.3 is 22.9 Å². The molecule has 0 aliphatic heterocycles. The molecule has 0 aliphatic rings. The van der Waals surface area contributed by atoms with Crippen LogP contribution in [0.4, 0.5) is 23.3 Å². The fourth-order valence-electron chi connectivity index (χ4n) is 8.80. The molecule has 0 aliphatic carbocycles. The summed E-state index contributed by atoms with van der Waals surface area (Å²) in [6.07, 6.45) is 3.28. The van der Waals surface area contributed by atoms with Gasteiger partial charge in [-0.05, 0) is 71.5 Å². The third kappa shape index (κ3) is 13.4. The number of nitrogens with zero attached hydrogens (tertiary/aromatic N) is 8. The molecule has 0 unspecified atom stereocenters. The Hall–Kier alpha value is -8.80. The summed E-state index contributed by atoms with van der Waals surface area (Å²) in [6.45, 7) is 8.30. The van der Waals surface area contributed by atoms with Crippen LogP contribution in [0.15, 0.2) is 191 Å². The Balaban J connectivity index is 0.000000129. The van der Waals surface area contributed by atoms with Crippen molar-refractivity contribution in [2.24, 2.45) is 0 Å². The first-order valence-corrected chi connectivity index (χ1v) is 29.7. The van der Waals surface area contributed by atoms with Crippen LogP contribution >= 0.6 is 45.3 Å². The molecule has 0 amide bonds. The molecular formula is C64H60N12S4. The van der Waals surface area contributed by atoms with Crippen LogP contribution in [0.3, 0.4) is 0 Å². The van der Waals surface area contributed by atoms with Crippen molar-refractivity contribution in [3.05, 3.63) is 214 Å². The largest absolute Gasteiger partial charge is 0.383 e. The Morgan fingerprint density at radius 3 is 0.625 bits per heavy atom. The van der Waals surface area contributed by atoms with Crippen LogP contribution < -0.4 is 22.9 Å². The molecule has 0 fully saturated rings. The van der Waals surface area contributed by atoms with Gasteiger partial charge in [0.05, 0.1) is 42.3 Å². The van der Waals surface area contributed by atoms with Gasteiger partial charge in [-0.3, -0.25) is 0 Å². The smallest absolute Gasteiger partial charge is 0.172 e. The van der Waals surface area contributed by atoms with E-state index in [1.165, 1.54) is 0 Å². The second-order valence-corrected chi connectivity index (χ2v) is 21.6. The Kier molecular flexibility index (Phi) is 19.0. The van der Waals surface area contributed by atoms with Gasteiger partial charge in [0.2, 0.25) is 0 Å². The van der Waals surface area contributed by atoms with E-state index in [0.29, 0.717) is 46.6 Å². The van der Waals surface area contributed by atoms with Crippen LogP contribution in [0.5, 0.6) is 0 Å². The minimum Gasteiger partial charge on any atom is -0.383 e. The van der Waals surface area contributed by atoms with E-state index in [9.17, 15) is 0 Å². The van der Waals surface area contributed by atoms with E-state index in [-0.39, 0.29) is 0 Å². The second kappa shape index (κ2) is 27.2. The Labute approximate surface area is 483 Å². The summed E-state index contributed by atoms with van der Waals surface area (Å²) in [5.41, 5.74) is 36.6. The topological polar surface area (TPSA) is 207 Å². The lowest BCUT2D eigenvalue weighted by atomic mass is 10.0. The normalized spacial score (nSPS) is 10.7. The molecule has 80 heavy (non-hydrogen) atoms. The van der Waals surface area contributed by atoms with Gasteiger partial charge in [-0.25, -0.2) is 39.9 Å². The van der Waals surface area contributed by atoms with Gasteiger partial charge in [-0.1, -0.05) is 173 Å². The summed E-state index contributed by atoms with van der Waals surface area (Å²) >= 11 is 6.49. The number of nitrogen functional groups attached to an aromatic ring is 4. The van der Waals surface area contributed by atoms with Gasteiger partial charge in [0.1, 0.15) is 23.3 Å². The van der Waals surface area contributed by atoms with Crippen LogP contribution in [0.1, 0.15) is 49.9 Å². The fraction of sp³-hybridized carbons (Fsp3) is 0.125. The zero-order valence-corrected chi connectivity index (χ0v) is 48.1. The van der Waals surface area contributed by atoms with Crippen LogP contribution in [0.25, 0.3) is 87.8 Å². The number of rotatable bonds is 12. The minimum absolute atomic E-state index is 0.574. The third-order valence-corrected chi connectivity index (χ3v) is 16.2.